The van der Waals surface area contributed by atoms with E-state index in [9.17, 15) is 0 Å². The van der Waals surface area contributed by atoms with Gasteiger partial charge >= 0.3 is 0 Å². The molecule has 0 saturated heterocycles. The Morgan fingerprint density at radius 2 is 2.00 bits per heavy atom. The molecule has 0 aliphatic rings. The summed E-state index contributed by atoms with van der Waals surface area (Å²) < 4.78 is 1.90. The molecule has 1 atom stereocenters. The first-order valence-corrected chi connectivity index (χ1v) is 5.88. The summed E-state index contributed by atoms with van der Waals surface area (Å²) in [5, 5.41) is 4.26. The number of nitrogens with zero attached hydrogens (tertiary/aromatic N) is 2. The summed E-state index contributed by atoms with van der Waals surface area (Å²) in [7, 11) is 0. The Bertz CT molecular complexity index is 514. The fraction of sp³-hybridized carbons (Fsp3) is 0.357. The van der Waals surface area contributed by atoms with Gasteiger partial charge in [0.1, 0.15) is 0 Å². The van der Waals surface area contributed by atoms with Crippen molar-refractivity contribution in [1.29, 1.82) is 0 Å². The summed E-state index contributed by atoms with van der Waals surface area (Å²) in [4.78, 5) is 0. The minimum atomic E-state index is -0.00593. The van der Waals surface area contributed by atoms with Crippen LogP contribution in [0.5, 0.6) is 0 Å². The van der Waals surface area contributed by atoms with Crippen molar-refractivity contribution in [2.45, 2.75) is 33.4 Å². The maximum Gasteiger partial charge on any atom is 0.0602 e. The standard InChI is InChI=1S/C14H19N3/c1-10-7-16-17(8-10)9-14(15)13-5-4-11(2)12(3)6-13/h4-8,14H,9,15H2,1-3H3. The van der Waals surface area contributed by atoms with Crippen LogP contribution in [0.3, 0.4) is 0 Å². The van der Waals surface area contributed by atoms with Gasteiger partial charge in [0.05, 0.1) is 12.7 Å². The summed E-state index contributed by atoms with van der Waals surface area (Å²) in [6.07, 6.45) is 3.87. The topological polar surface area (TPSA) is 43.8 Å². The van der Waals surface area contributed by atoms with Crippen molar-refractivity contribution in [3.05, 3.63) is 52.8 Å². The van der Waals surface area contributed by atoms with Gasteiger partial charge in [0.2, 0.25) is 0 Å². The van der Waals surface area contributed by atoms with Crippen molar-refractivity contribution in [1.82, 2.24) is 9.78 Å². The summed E-state index contributed by atoms with van der Waals surface area (Å²) >= 11 is 0. The van der Waals surface area contributed by atoms with Crippen LogP contribution in [0.25, 0.3) is 0 Å². The van der Waals surface area contributed by atoms with Gasteiger partial charge in [-0.2, -0.15) is 5.10 Å². The lowest BCUT2D eigenvalue weighted by Gasteiger charge is -2.13. The predicted molar refractivity (Wildman–Crippen MR) is 69.8 cm³/mol. The summed E-state index contributed by atoms with van der Waals surface area (Å²) in [5.41, 5.74) is 11.1. The highest BCUT2D eigenvalue weighted by Crippen LogP contribution is 2.16. The number of aromatic nitrogens is 2. The van der Waals surface area contributed by atoms with Crippen molar-refractivity contribution < 1.29 is 0 Å². The molecule has 0 fully saturated rings. The molecule has 2 aromatic rings. The lowest BCUT2D eigenvalue weighted by molar-refractivity contribution is 0.527. The number of hydrogen-bond acceptors (Lipinski definition) is 2. The molecule has 0 aliphatic carbocycles. The van der Waals surface area contributed by atoms with Gasteiger partial charge in [-0.25, -0.2) is 0 Å². The van der Waals surface area contributed by atoms with Crippen molar-refractivity contribution in [2.75, 3.05) is 0 Å². The van der Waals surface area contributed by atoms with E-state index in [0.717, 1.165) is 12.1 Å². The maximum atomic E-state index is 6.19. The van der Waals surface area contributed by atoms with Crippen molar-refractivity contribution in [3.8, 4) is 0 Å². The zero-order chi connectivity index (χ0) is 12.4. The fourth-order valence-electron chi connectivity index (χ4n) is 1.87. The molecule has 3 heteroatoms. The molecule has 0 bridgehead atoms. The Labute approximate surface area is 102 Å². The van der Waals surface area contributed by atoms with Crippen molar-refractivity contribution >= 4 is 0 Å². The Morgan fingerprint density at radius 3 is 2.59 bits per heavy atom. The average molecular weight is 229 g/mol. The normalized spacial score (nSPS) is 12.7. The molecule has 1 aromatic heterocycles. The average Bonchev–Trinajstić information content (AvgIpc) is 2.68. The minimum Gasteiger partial charge on any atom is -0.322 e. The Hall–Kier alpha value is -1.61. The second-order valence-corrected chi connectivity index (χ2v) is 4.69. The molecule has 2 N–H and O–H groups in total. The Kier molecular flexibility index (Phi) is 3.29. The summed E-state index contributed by atoms with van der Waals surface area (Å²) in [6, 6.07) is 6.38. The van der Waals surface area contributed by atoms with E-state index in [0.29, 0.717) is 0 Å². The minimum absolute atomic E-state index is 0.00593. The van der Waals surface area contributed by atoms with Gasteiger partial charge in [0.25, 0.3) is 0 Å². The maximum absolute atomic E-state index is 6.19. The Balaban J connectivity index is 2.14. The zero-order valence-corrected chi connectivity index (χ0v) is 10.6. The molecule has 0 amide bonds. The second-order valence-electron chi connectivity index (χ2n) is 4.69. The van der Waals surface area contributed by atoms with Crippen LogP contribution in [0.15, 0.2) is 30.6 Å². The van der Waals surface area contributed by atoms with E-state index in [4.69, 9.17) is 5.73 Å². The molecular weight excluding hydrogens is 210 g/mol. The van der Waals surface area contributed by atoms with E-state index in [2.05, 4.69) is 37.1 Å². The van der Waals surface area contributed by atoms with Gasteiger partial charge in [-0.1, -0.05) is 18.2 Å². The number of rotatable bonds is 3. The first kappa shape index (κ1) is 11.9. The zero-order valence-electron chi connectivity index (χ0n) is 10.6. The lowest BCUT2D eigenvalue weighted by atomic mass is 10.0. The van der Waals surface area contributed by atoms with E-state index in [1.807, 2.05) is 24.0 Å². The molecule has 90 valence electrons. The molecule has 0 aliphatic heterocycles. The second kappa shape index (κ2) is 4.72. The van der Waals surface area contributed by atoms with E-state index in [1.54, 1.807) is 0 Å². The van der Waals surface area contributed by atoms with Crippen LogP contribution in [-0.2, 0) is 6.54 Å². The van der Waals surface area contributed by atoms with Crippen LogP contribution < -0.4 is 5.73 Å². The molecule has 1 aromatic carbocycles. The molecular formula is C14H19N3. The lowest BCUT2D eigenvalue weighted by Crippen LogP contribution is -2.18. The molecule has 1 heterocycles. The van der Waals surface area contributed by atoms with Crippen LogP contribution in [-0.4, -0.2) is 9.78 Å². The van der Waals surface area contributed by atoms with E-state index in [1.165, 1.54) is 16.7 Å². The third-order valence-electron chi connectivity index (χ3n) is 3.11. The molecule has 0 saturated carbocycles. The van der Waals surface area contributed by atoms with Crippen LogP contribution >= 0.6 is 0 Å². The smallest absolute Gasteiger partial charge is 0.0602 e. The highest BCUT2D eigenvalue weighted by atomic mass is 15.3. The third kappa shape index (κ3) is 2.74. The van der Waals surface area contributed by atoms with Crippen LogP contribution in [0, 0.1) is 20.8 Å². The van der Waals surface area contributed by atoms with Crippen LogP contribution in [0.4, 0.5) is 0 Å². The summed E-state index contributed by atoms with van der Waals surface area (Å²) in [5.74, 6) is 0. The molecule has 3 nitrogen and oxygen atoms in total. The number of hydrogen-bond donors (Lipinski definition) is 1. The van der Waals surface area contributed by atoms with Crippen molar-refractivity contribution in [2.24, 2.45) is 5.73 Å². The first-order valence-electron chi connectivity index (χ1n) is 5.88. The van der Waals surface area contributed by atoms with Crippen LogP contribution in [0.2, 0.25) is 0 Å². The molecule has 0 spiro atoms. The number of benzene rings is 1. The monoisotopic (exact) mass is 229 g/mol. The first-order chi connectivity index (χ1) is 8.06. The van der Waals surface area contributed by atoms with E-state index in [-0.39, 0.29) is 6.04 Å². The molecule has 1 unspecified atom stereocenters. The van der Waals surface area contributed by atoms with Gasteiger partial charge < -0.3 is 5.73 Å². The van der Waals surface area contributed by atoms with Crippen molar-refractivity contribution in [3.63, 3.8) is 0 Å². The predicted octanol–water partition coefficient (Wildman–Crippen LogP) is 2.51. The Morgan fingerprint density at radius 1 is 1.24 bits per heavy atom. The SMILES string of the molecule is Cc1cnn(CC(N)c2ccc(C)c(C)c2)c1. The van der Waals surface area contributed by atoms with Gasteiger partial charge in [-0.05, 0) is 43.0 Å². The van der Waals surface area contributed by atoms with Crippen LogP contribution in [0.1, 0.15) is 28.3 Å². The van der Waals surface area contributed by atoms with Gasteiger partial charge in [-0.15, -0.1) is 0 Å². The van der Waals surface area contributed by atoms with Gasteiger partial charge in [0.15, 0.2) is 0 Å². The quantitative estimate of drug-likeness (QED) is 0.878. The fourth-order valence-corrected chi connectivity index (χ4v) is 1.87. The van der Waals surface area contributed by atoms with Gasteiger partial charge in [-0.3, -0.25) is 4.68 Å². The molecule has 2 rings (SSSR count). The van der Waals surface area contributed by atoms with E-state index < -0.39 is 0 Å². The largest absolute Gasteiger partial charge is 0.322 e. The van der Waals surface area contributed by atoms with E-state index >= 15 is 0 Å². The molecule has 17 heavy (non-hydrogen) atoms. The third-order valence-corrected chi connectivity index (χ3v) is 3.11. The highest BCUT2D eigenvalue weighted by Gasteiger charge is 2.08. The summed E-state index contributed by atoms with van der Waals surface area (Å²) in [6.45, 7) is 6.98. The number of aryl methyl sites for hydroxylation is 3. The number of nitrogens with two attached hydrogens (primary N) is 1. The molecule has 0 radical (unpaired) electrons. The van der Waals surface area contributed by atoms with Gasteiger partial charge in [0, 0.05) is 12.2 Å². The highest BCUT2D eigenvalue weighted by molar-refractivity contribution is 5.31.